The quantitative estimate of drug-likeness (QED) is 0.393. The molecule has 0 fully saturated rings. The molecule has 0 aliphatic heterocycles. The SMILES string of the molecule is CCOCCP(O)(=S)S. The zero-order chi connectivity index (χ0) is 7.33. The Morgan fingerprint density at radius 1 is 1.78 bits per heavy atom. The fourth-order valence-electron chi connectivity index (χ4n) is 0.328. The Bertz CT molecular complexity index is 111. The lowest BCUT2D eigenvalue weighted by Crippen LogP contribution is -1.97. The number of hydrogen-bond donors (Lipinski definition) is 2. The summed E-state index contributed by atoms with van der Waals surface area (Å²) in [7, 11) is 0. The van der Waals surface area contributed by atoms with Crippen molar-refractivity contribution in [2.45, 2.75) is 6.92 Å². The van der Waals surface area contributed by atoms with E-state index < -0.39 is 5.47 Å². The first-order valence-electron chi connectivity index (χ1n) is 2.68. The van der Waals surface area contributed by atoms with Crippen LogP contribution in [0.1, 0.15) is 6.92 Å². The average Bonchev–Trinajstić information content (AvgIpc) is 1.63. The number of thiol groups is 1. The standard InChI is InChI=1S/C4H11O2PS2/c1-2-6-3-4-7(5,8)9/h2-4H2,1H3,(H2,5,8,9). The Balaban J connectivity index is 3.18. The average molecular weight is 186 g/mol. The molecule has 5 heteroatoms. The summed E-state index contributed by atoms with van der Waals surface area (Å²) >= 11 is 8.48. The Morgan fingerprint density at radius 3 is 2.67 bits per heavy atom. The lowest BCUT2D eigenvalue weighted by atomic mass is 10.8. The van der Waals surface area contributed by atoms with E-state index in [1.165, 1.54) is 0 Å². The van der Waals surface area contributed by atoms with Crippen LogP contribution >= 0.6 is 17.7 Å². The van der Waals surface area contributed by atoms with Crippen LogP contribution in [0.3, 0.4) is 0 Å². The van der Waals surface area contributed by atoms with Gasteiger partial charge in [-0.25, -0.2) is 0 Å². The fraction of sp³-hybridized carbons (Fsp3) is 1.00. The maximum atomic E-state index is 8.95. The molecule has 1 atom stereocenters. The Morgan fingerprint density at radius 2 is 2.33 bits per heavy atom. The lowest BCUT2D eigenvalue weighted by Gasteiger charge is -2.05. The zero-order valence-electron chi connectivity index (χ0n) is 5.28. The second-order valence-electron chi connectivity index (χ2n) is 1.59. The second-order valence-corrected chi connectivity index (χ2v) is 7.97. The molecule has 1 unspecified atom stereocenters. The molecule has 0 bridgehead atoms. The topological polar surface area (TPSA) is 29.5 Å². The van der Waals surface area contributed by atoms with Gasteiger partial charge in [0.1, 0.15) is 5.47 Å². The summed E-state index contributed by atoms with van der Waals surface area (Å²) in [5.41, 5.74) is -2.29. The van der Waals surface area contributed by atoms with E-state index in [9.17, 15) is 0 Å². The zero-order valence-corrected chi connectivity index (χ0v) is 7.88. The summed E-state index contributed by atoms with van der Waals surface area (Å²) < 4.78 is 4.96. The maximum Gasteiger partial charge on any atom is 0.116 e. The number of rotatable bonds is 4. The van der Waals surface area contributed by atoms with Crippen LogP contribution in [-0.2, 0) is 16.5 Å². The van der Waals surface area contributed by atoms with E-state index in [0.717, 1.165) is 0 Å². The van der Waals surface area contributed by atoms with Gasteiger partial charge in [0.2, 0.25) is 0 Å². The van der Waals surface area contributed by atoms with Gasteiger partial charge in [0.15, 0.2) is 0 Å². The first-order valence-corrected chi connectivity index (χ1v) is 6.78. The van der Waals surface area contributed by atoms with Crippen LogP contribution in [0.4, 0.5) is 0 Å². The molecule has 0 aromatic heterocycles. The van der Waals surface area contributed by atoms with Gasteiger partial charge >= 0.3 is 0 Å². The van der Waals surface area contributed by atoms with Crippen molar-refractivity contribution in [2.75, 3.05) is 19.4 Å². The summed E-state index contributed by atoms with van der Waals surface area (Å²) in [6, 6.07) is 0. The minimum absolute atomic E-state index is 0.499. The molecule has 0 heterocycles. The molecule has 0 aromatic carbocycles. The molecule has 0 saturated heterocycles. The highest BCUT2D eigenvalue weighted by atomic mass is 32.9. The van der Waals surface area contributed by atoms with Crippen LogP contribution in [0, 0.1) is 0 Å². The third-order valence-electron chi connectivity index (χ3n) is 0.731. The number of ether oxygens (including phenoxy) is 1. The highest BCUT2D eigenvalue weighted by molar-refractivity contribution is 8.61. The summed E-state index contributed by atoms with van der Waals surface area (Å²) in [6.07, 6.45) is 0.499. The van der Waals surface area contributed by atoms with Crippen LogP contribution in [0.2, 0.25) is 0 Å². The van der Waals surface area contributed by atoms with Gasteiger partial charge in [-0.3, -0.25) is 0 Å². The van der Waals surface area contributed by atoms with E-state index in [2.05, 4.69) is 24.1 Å². The summed E-state index contributed by atoms with van der Waals surface area (Å²) in [6.45, 7) is 3.09. The lowest BCUT2D eigenvalue weighted by molar-refractivity contribution is 0.163. The van der Waals surface area contributed by atoms with Crippen molar-refractivity contribution in [3.63, 3.8) is 0 Å². The monoisotopic (exact) mass is 186 g/mol. The van der Waals surface area contributed by atoms with Crippen molar-refractivity contribution in [1.29, 1.82) is 0 Å². The maximum absolute atomic E-state index is 8.95. The van der Waals surface area contributed by atoms with Crippen molar-refractivity contribution in [1.82, 2.24) is 0 Å². The van der Waals surface area contributed by atoms with Crippen molar-refractivity contribution in [2.24, 2.45) is 0 Å². The summed E-state index contributed by atoms with van der Waals surface area (Å²) in [5.74, 6) is 0. The van der Waals surface area contributed by atoms with Gasteiger partial charge in [0.05, 0.1) is 6.61 Å². The van der Waals surface area contributed by atoms with Crippen LogP contribution < -0.4 is 0 Å². The first-order chi connectivity index (χ1) is 4.06. The molecule has 2 nitrogen and oxygen atoms in total. The molecule has 0 aliphatic carbocycles. The molecular formula is C4H11O2PS2. The van der Waals surface area contributed by atoms with E-state index in [-0.39, 0.29) is 0 Å². The van der Waals surface area contributed by atoms with E-state index in [1.807, 2.05) is 6.92 Å². The molecule has 0 aromatic rings. The van der Waals surface area contributed by atoms with Gasteiger partial charge in [0.25, 0.3) is 0 Å². The van der Waals surface area contributed by atoms with Gasteiger partial charge in [0, 0.05) is 12.8 Å². The van der Waals surface area contributed by atoms with E-state index >= 15 is 0 Å². The second kappa shape index (κ2) is 4.69. The Hall–Kier alpha value is 0.920. The minimum atomic E-state index is -2.29. The predicted octanol–water partition coefficient (Wildman–Crippen LogP) is 1.25. The van der Waals surface area contributed by atoms with E-state index in [1.54, 1.807) is 0 Å². The Kier molecular flexibility index (Phi) is 5.17. The molecule has 0 saturated carbocycles. The molecule has 0 radical (unpaired) electrons. The molecule has 1 N–H and O–H groups in total. The largest absolute Gasteiger partial charge is 0.381 e. The predicted molar refractivity (Wildman–Crippen MR) is 46.8 cm³/mol. The van der Waals surface area contributed by atoms with E-state index in [0.29, 0.717) is 19.4 Å². The molecule has 0 aliphatic rings. The van der Waals surface area contributed by atoms with Crippen molar-refractivity contribution in [3.05, 3.63) is 0 Å². The fourth-order valence-corrected chi connectivity index (χ4v) is 1.16. The van der Waals surface area contributed by atoms with Crippen LogP contribution in [0.5, 0.6) is 0 Å². The normalized spacial score (nSPS) is 17.2. The highest BCUT2D eigenvalue weighted by Gasteiger charge is 2.03. The molecule has 0 spiro atoms. The number of hydrogen-bond acceptors (Lipinski definition) is 2. The molecule has 56 valence electrons. The van der Waals surface area contributed by atoms with E-state index in [4.69, 9.17) is 9.63 Å². The first kappa shape index (κ1) is 9.92. The van der Waals surface area contributed by atoms with Crippen LogP contribution in [-0.4, -0.2) is 24.3 Å². The van der Waals surface area contributed by atoms with Crippen molar-refractivity contribution >= 4 is 29.5 Å². The smallest absolute Gasteiger partial charge is 0.116 e. The summed E-state index contributed by atoms with van der Waals surface area (Å²) in [5, 5.41) is 0. The molecule has 9 heavy (non-hydrogen) atoms. The highest BCUT2D eigenvalue weighted by Crippen LogP contribution is 2.45. The van der Waals surface area contributed by atoms with Crippen LogP contribution in [0.25, 0.3) is 0 Å². The third kappa shape index (κ3) is 8.92. The third-order valence-corrected chi connectivity index (χ3v) is 2.64. The summed E-state index contributed by atoms with van der Waals surface area (Å²) in [4.78, 5) is 8.95. The van der Waals surface area contributed by atoms with Gasteiger partial charge in [-0.2, -0.15) is 0 Å². The molecule has 0 amide bonds. The minimum Gasteiger partial charge on any atom is -0.381 e. The van der Waals surface area contributed by atoms with Crippen molar-refractivity contribution in [3.8, 4) is 0 Å². The molecular weight excluding hydrogens is 175 g/mol. The van der Waals surface area contributed by atoms with Gasteiger partial charge in [-0.15, -0.1) is 12.2 Å². The Labute approximate surface area is 65.9 Å². The van der Waals surface area contributed by atoms with Gasteiger partial charge in [-0.05, 0) is 6.92 Å². The molecule has 0 rings (SSSR count). The van der Waals surface area contributed by atoms with Crippen LogP contribution in [0.15, 0.2) is 0 Å². The van der Waals surface area contributed by atoms with Crippen molar-refractivity contribution < 1.29 is 9.63 Å². The van der Waals surface area contributed by atoms with Gasteiger partial charge in [-0.1, -0.05) is 11.8 Å². The van der Waals surface area contributed by atoms with Gasteiger partial charge < -0.3 is 9.63 Å².